The van der Waals surface area contributed by atoms with Gasteiger partial charge in [0.15, 0.2) is 0 Å². The smallest absolute Gasteiger partial charge is 0.105 e. The first-order chi connectivity index (χ1) is 8.35. The molecule has 0 radical (unpaired) electrons. The Hall–Kier alpha value is -0.900. The summed E-state index contributed by atoms with van der Waals surface area (Å²) < 4.78 is 10.6. The van der Waals surface area contributed by atoms with Gasteiger partial charge in [0.25, 0.3) is 0 Å². The maximum Gasteiger partial charge on any atom is 0.105 e. The van der Waals surface area contributed by atoms with Gasteiger partial charge < -0.3 is 14.8 Å². The van der Waals surface area contributed by atoms with Crippen LogP contribution in [0, 0.1) is 0 Å². The second kappa shape index (κ2) is 6.15. The molecule has 3 nitrogen and oxygen atoms in total. The Balaban J connectivity index is 2.14. The molecule has 2 rings (SSSR count). The van der Waals surface area contributed by atoms with Crippen LogP contribution in [0.25, 0.3) is 0 Å². The Bertz CT molecular complexity index is 348. The van der Waals surface area contributed by atoms with Crippen LogP contribution in [0.4, 0.5) is 0 Å². The van der Waals surface area contributed by atoms with Crippen molar-refractivity contribution in [3.8, 4) is 0 Å². The molecule has 1 fully saturated rings. The molecule has 0 spiro atoms. The summed E-state index contributed by atoms with van der Waals surface area (Å²) in [5.41, 5.74) is 2.62. The van der Waals surface area contributed by atoms with Gasteiger partial charge in [0.05, 0.1) is 6.61 Å². The van der Waals surface area contributed by atoms with E-state index in [0.29, 0.717) is 12.5 Å². The number of hydrogen-bond donors (Lipinski definition) is 1. The van der Waals surface area contributed by atoms with Crippen LogP contribution in [-0.4, -0.2) is 33.9 Å². The number of methoxy groups -OCH3 is 2. The molecule has 17 heavy (non-hydrogen) atoms. The molecule has 1 aromatic carbocycles. The largest absolute Gasteiger partial charge is 0.382 e. The lowest BCUT2D eigenvalue weighted by Crippen LogP contribution is -2.10. The summed E-state index contributed by atoms with van der Waals surface area (Å²) in [6.45, 7) is 2.81. The third-order valence-corrected chi connectivity index (χ3v) is 3.42. The highest BCUT2D eigenvalue weighted by Gasteiger charge is 2.18. The van der Waals surface area contributed by atoms with E-state index in [1.807, 2.05) is 0 Å². The maximum atomic E-state index is 5.45. The van der Waals surface area contributed by atoms with Crippen LogP contribution >= 0.6 is 0 Å². The molecule has 1 N–H and O–H groups in total. The third kappa shape index (κ3) is 3.06. The minimum atomic E-state index is 0.0364. The van der Waals surface area contributed by atoms with E-state index in [0.717, 1.165) is 13.1 Å². The van der Waals surface area contributed by atoms with Crippen LogP contribution in [0.15, 0.2) is 24.3 Å². The zero-order valence-corrected chi connectivity index (χ0v) is 10.6. The van der Waals surface area contributed by atoms with E-state index >= 15 is 0 Å². The summed E-state index contributed by atoms with van der Waals surface area (Å²) in [5.74, 6) is 0.648. The molecule has 0 amide bonds. The van der Waals surface area contributed by atoms with Gasteiger partial charge in [0.1, 0.15) is 6.10 Å². The molecule has 0 aromatic heterocycles. The van der Waals surface area contributed by atoms with Crippen molar-refractivity contribution < 1.29 is 9.47 Å². The summed E-state index contributed by atoms with van der Waals surface area (Å²) >= 11 is 0. The van der Waals surface area contributed by atoms with E-state index in [-0.39, 0.29) is 6.10 Å². The van der Waals surface area contributed by atoms with Crippen LogP contribution in [0.3, 0.4) is 0 Å². The molecule has 1 aromatic rings. The lowest BCUT2D eigenvalue weighted by molar-refractivity contribution is 0.0274. The Kier molecular flexibility index (Phi) is 4.54. The van der Waals surface area contributed by atoms with E-state index in [9.17, 15) is 0 Å². The fourth-order valence-electron chi connectivity index (χ4n) is 2.40. The van der Waals surface area contributed by atoms with Crippen molar-refractivity contribution in [3.05, 3.63) is 35.4 Å². The SMILES string of the molecule is COCC(OC)c1cccc(C2CCNC2)c1. The predicted octanol–water partition coefficient (Wildman–Crippen LogP) is 2.10. The summed E-state index contributed by atoms with van der Waals surface area (Å²) in [6.07, 6.45) is 1.26. The van der Waals surface area contributed by atoms with Crippen molar-refractivity contribution in [2.24, 2.45) is 0 Å². The quantitative estimate of drug-likeness (QED) is 0.847. The second-order valence-corrected chi connectivity index (χ2v) is 4.54. The first-order valence-corrected chi connectivity index (χ1v) is 6.17. The topological polar surface area (TPSA) is 30.5 Å². The van der Waals surface area contributed by atoms with Gasteiger partial charge in [-0.25, -0.2) is 0 Å². The van der Waals surface area contributed by atoms with Crippen LogP contribution in [0.1, 0.15) is 29.6 Å². The van der Waals surface area contributed by atoms with E-state index in [4.69, 9.17) is 9.47 Å². The van der Waals surface area contributed by atoms with Crippen molar-refractivity contribution >= 4 is 0 Å². The molecular formula is C14H21NO2. The summed E-state index contributed by atoms with van der Waals surface area (Å²) in [4.78, 5) is 0. The molecule has 0 bridgehead atoms. The lowest BCUT2D eigenvalue weighted by atomic mass is 9.95. The van der Waals surface area contributed by atoms with Crippen LogP contribution < -0.4 is 5.32 Å². The molecule has 1 aliphatic rings. The van der Waals surface area contributed by atoms with Crippen molar-refractivity contribution in [2.75, 3.05) is 33.9 Å². The zero-order valence-electron chi connectivity index (χ0n) is 10.6. The summed E-state index contributed by atoms with van der Waals surface area (Å²) in [7, 11) is 3.43. The van der Waals surface area contributed by atoms with Gasteiger partial charge in [-0.2, -0.15) is 0 Å². The molecule has 3 heteroatoms. The zero-order chi connectivity index (χ0) is 12.1. The van der Waals surface area contributed by atoms with E-state index in [1.165, 1.54) is 17.5 Å². The predicted molar refractivity (Wildman–Crippen MR) is 68.3 cm³/mol. The highest BCUT2D eigenvalue weighted by Crippen LogP contribution is 2.26. The highest BCUT2D eigenvalue weighted by atomic mass is 16.5. The summed E-state index contributed by atoms with van der Waals surface area (Å²) in [6, 6.07) is 8.69. The molecule has 1 saturated heterocycles. The fourth-order valence-corrected chi connectivity index (χ4v) is 2.40. The fraction of sp³-hybridized carbons (Fsp3) is 0.571. The van der Waals surface area contributed by atoms with Gasteiger partial charge in [0, 0.05) is 20.8 Å². The van der Waals surface area contributed by atoms with Crippen LogP contribution in [0.5, 0.6) is 0 Å². The van der Waals surface area contributed by atoms with Gasteiger partial charge >= 0.3 is 0 Å². The van der Waals surface area contributed by atoms with Gasteiger partial charge in [0.2, 0.25) is 0 Å². The molecule has 0 aliphatic carbocycles. The van der Waals surface area contributed by atoms with Crippen molar-refractivity contribution in [1.82, 2.24) is 5.32 Å². The van der Waals surface area contributed by atoms with Gasteiger partial charge in [-0.3, -0.25) is 0 Å². The molecule has 2 unspecified atom stereocenters. The number of ether oxygens (including phenoxy) is 2. The second-order valence-electron chi connectivity index (χ2n) is 4.54. The van der Waals surface area contributed by atoms with E-state index < -0.39 is 0 Å². The molecule has 94 valence electrons. The maximum absolute atomic E-state index is 5.45. The van der Waals surface area contributed by atoms with Gasteiger partial charge in [-0.05, 0) is 30.0 Å². The average molecular weight is 235 g/mol. The molecule has 1 aliphatic heterocycles. The number of nitrogens with one attached hydrogen (secondary N) is 1. The average Bonchev–Trinajstić information content (AvgIpc) is 2.90. The Morgan fingerprint density at radius 3 is 2.94 bits per heavy atom. The number of rotatable bonds is 5. The van der Waals surface area contributed by atoms with E-state index in [1.54, 1.807) is 14.2 Å². The van der Waals surface area contributed by atoms with Crippen molar-refractivity contribution in [2.45, 2.75) is 18.4 Å². The molecule has 0 saturated carbocycles. The Morgan fingerprint density at radius 1 is 1.41 bits per heavy atom. The third-order valence-electron chi connectivity index (χ3n) is 3.42. The van der Waals surface area contributed by atoms with Crippen molar-refractivity contribution in [3.63, 3.8) is 0 Å². The van der Waals surface area contributed by atoms with Crippen molar-refractivity contribution in [1.29, 1.82) is 0 Å². The normalized spacial score (nSPS) is 21.6. The Morgan fingerprint density at radius 2 is 2.29 bits per heavy atom. The first kappa shape index (κ1) is 12.6. The standard InChI is InChI=1S/C14H21NO2/c1-16-10-14(17-2)12-5-3-4-11(8-12)13-6-7-15-9-13/h3-5,8,13-15H,6-7,9-10H2,1-2H3. The molecular weight excluding hydrogens is 214 g/mol. The lowest BCUT2D eigenvalue weighted by Gasteiger charge is -2.17. The molecule has 1 heterocycles. The summed E-state index contributed by atoms with van der Waals surface area (Å²) in [5, 5.41) is 3.40. The number of hydrogen-bond acceptors (Lipinski definition) is 3. The van der Waals surface area contributed by atoms with Crippen LogP contribution in [0.2, 0.25) is 0 Å². The van der Waals surface area contributed by atoms with Gasteiger partial charge in [-0.1, -0.05) is 24.3 Å². The minimum Gasteiger partial charge on any atom is -0.382 e. The van der Waals surface area contributed by atoms with Crippen LogP contribution in [-0.2, 0) is 9.47 Å². The first-order valence-electron chi connectivity index (χ1n) is 6.17. The number of benzene rings is 1. The van der Waals surface area contributed by atoms with Gasteiger partial charge in [-0.15, -0.1) is 0 Å². The monoisotopic (exact) mass is 235 g/mol. The minimum absolute atomic E-state index is 0.0364. The molecule has 2 atom stereocenters. The highest BCUT2D eigenvalue weighted by molar-refractivity contribution is 5.29. The van der Waals surface area contributed by atoms with E-state index in [2.05, 4.69) is 29.6 Å². The Labute approximate surface area is 103 Å².